The molecule has 0 radical (unpaired) electrons. The first kappa shape index (κ1) is 18.6. The molecular formula is C22H22ClFN4O. The molecule has 1 amide bonds. The maximum Gasteiger partial charge on any atom is 0.251 e. The number of hydrogen-bond acceptors (Lipinski definition) is 3. The molecule has 3 aromatic rings. The van der Waals surface area contributed by atoms with Gasteiger partial charge in [-0.05, 0) is 54.5 Å². The van der Waals surface area contributed by atoms with Crippen LogP contribution in [0, 0.1) is 17.2 Å². The van der Waals surface area contributed by atoms with Crippen LogP contribution in [0.1, 0.15) is 29.0 Å². The van der Waals surface area contributed by atoms with Gasteiger partial charge in [-0.2, -0.15) is 0 Å². The van der Waals surface area contributed by atoms with Crippen molar-refractivity contribution in [3.8, 4) is 0 Å². The number of halogens is 2. The van der Waals surface area contributed by atoms with E-state index in [-0.39, 0.29) is 16.5 Å². The summed E-state index contributed by atoms with van der Waals surface area (Å²) in [5, 5.41) is 3.15. The van der Waals surface area contributed by atoms with Crippen LogP contribution < -0.4 is 5.32 Å². The minimum Gasteiger partial charge on any atom is -0.352 e. The van der Waals surface area contributed by atoms with Crippen molar-refractivity contribution in [2.75, 3.05) is 19.6 Å². The maximum atomic E-state index is 13.4. The summed E-state index contributed by atoms with van der Waals surface area (Å²) < 4.78 is 13.4. The highest BCUT2D eigenvalue weighted by atomic mass is 35.5. The van der Waals surface area contributed by atoms with E-state index in [1.807, 2.05) is 24.3 Å². The number of fused-ring (bicyclic) bond motifs is 1. The minimum absolute atomic E-state index is 0.233. The van der Waals surface area contributed by atoms with Gasteiger partial charge in [-0.1, -0.05) is 23.7 Å². The van der Waals surface area contributed by atoms with Crippen LogP contribution in [0.15, 0.2) is 42.5 Å². The van der Waals surface area contributed by atoms with E-state index in [4.69, 9.17) is 11.6 Å². The molecule has 1 saturated carbocycles. The Labute approximate surface area is 173 Å². The van der Waals surface area contributed by atoms with E-state index in [9.17, 15) is 9.18 Å². The largest absolute Gasteiger partial charge is 0.352 e. The molecule has 150 valence electrons. The standard InChI is InChI=1S/C22H22ClFN4O/c23-16-5-15(6-17(24)7-16)21(29)25-10-14-8-22(9-14)12-28(13-22)11-20-26-18-3-1-2-4-19(18)27-20/h1-7,14H,8-13H2,(H,25,29)(H,26,27). The number of aromatic nitrogens is 2. The van der Waals surface area contributed by atoms with E-state index < -0.39 is 5.82 Å². The molecule has 2 aliphatic rings. The fourth-order valence-electron chi connectivity index (χ4n) is 4.90. The lowest BCUT2D eigenvalue weighted by Gasteiger charge is -2.59. The quantitative estimate of drug-likeness (QED) is 0.666. The van der Waals surface area contributed by atoms with Crippen molar-refractivity contribution >= 4 is 28.5 Å². The first-order valence-corrected chi connectivity index (χ1v) is 10.3. The SMILES string of the molecule is O=C(NCC1CC2(C1)CN(Cc1nc3ccccc3[nH]1)C2)c1cc(F)cc(Cl)c1. The van der Waals surface area contributed by atoms with Crippen LogP contribution in [0.2, 0.25) is 5.02 Å². The summed E-state index contributed by atoms with van der Waals surface area (Å²) in [4.78, 5) is 22.7. The number of benzene rings is 2. The molecule has 1 spiro atoms. The topological polar surface area (TPSA) is 61.0 Å². The molecule has 1 aliphatic heterocycles. The maximum absolute atomic E-state index is 13.4. The molecule has 2 heterocycles. The number of likely N-dealkylation sites (tertiary alicyclic amines) is 1. The molecule has 1 saturated heterocycles. The van der Waals surface area contributed by atoms with Crippen LogP contribution in [0.3, 0.4) is 0 Å². The summed E-state index contributed by atoms with van der Waals surface area (Å²) in [6.07, 6.45) is 2.24. The van der Waals surface area contributed by atoms with Crippen LogP contribution >= 0.6 is 11.6 Å². The number of imidazole rings is 1. The van der Waals surface area contributed by atoms with Crippen molar-refractivity contribution in [2.45, 2.75) is 19.4 Å². The third-order valence-electron chi connectivity index (χ3n) is 6.05. The zero-order valence-corrected chi connectivity index (χ0v) is 16.7. The first-order chi connectivity index (χ1) is 14.0. The fourth-order valence-corrected chi connectivity index (χ4v) is 5.12. The third-order valence-corrected chi connectivity index (χ3v) is 6.27. The highest BCUT2D eigenvalue weighted by molar-refractivity contribution is 6.31. The molecule has 2 fully saturated rings. The van der Waals surface area contributed by atoms with Crippen LogP contribution in [-0.4, -0.2) is 40.4 Å². The monoisotopic (exact) mass is 412 g/mol. The van der Waals surface area contributed by atoms with Crippen LogP contribution in [-0.2, 0) is 6.54 Å². The Morgan fingerprint density at radius 3 is 2.83 bits per heavy atom. The van der Waals surface area contributed by atoms with Gasteiger partial charge in [0, 0.05) is 30.2 Å². The molecule has 0 unspecified atom stereocenters. The van der Waals surface area contributed by atoms with Crippen molar-refractivity contribution in [3.05, 3.63) is 64.7 Å². The summed E-state index contributed by atoms with van der Waals surface area (Å²) in [5.74, 6) is 0.728. The number of hydrogen-bond donors (Lipinski definition) is 2. The second-order valence-electron chi connectivity index (χ2n) is 8.49. The summed E-state index contributed by atoms with van der Waals surface area (Å²) >= 11 is 5.82. The van der Waals surface area contributed by atoms with E-state index in [0.29, 0.717) is 17.9 Å². The highest BCUT2D eigenvalue weighted by Gasteiger charge is 2.51. The molecule has 2 N–H and O–H groups in total. The number of carbonyl (C=O) groups excluding carboxylic acids is 1. The Balaban J connectivity index is 1.07. The Morgan fingerprint density at radius 2 is 2.07 bits per heavy atom. The molecule has 1 aromatic heterocycles. The predicted molar refractivity (Wildman–Crippen MR) is 110 cm³/mol. The second kappa shape index (κ2) is 7.11. The van der Waals surface area contributed by atoms with Crippen molar-refractivity contribution < 1.29 is 9.18 Å². The minimum atomic E-state index is -0.496. The molecule has 5 rings (SSSR count). The second-order valence-corrected chi connectivity index (χ2v) is 8.92. The van der Waals surface area contributed by atoms with Gasteiger partial charge in [-0.25, -0.2) is 9.37 Å². The molecule has 7 heteroatoms. The van der Waals surface area contributed by atoms with Crippen LogP contribution in [0.5, 0.6) is 0 Å². The molecule has 2 aromatic carbocycles. The predicted octanol–water partition coefficient (Wildman–Crippen LogP) is 4.00. The Hall–Kier alpha value is -2.44. The average Bonchev–Trinajstić information content (AvgIpc) is 3.03. The van der Waals surface area contributed by atoms with E-state index in [1.165, 1.54) is 18.2 Å². The number of aromatic amines is 1. The number of nitrogens with zero attached hydrogens (tertiary/aromatic N) is 2. The molecule has 29 heavy (non-hydrogen) atoms. The lowest BCUT2D eigenvalue weighted by atomic mass is 9.57. The molecule has 0 bridgehead atoms. The average molecular weight is 413 g/mol. The van der Waals surface area contributed by atoms with Crippen molar-refractivity contribution in [2.24, 2.45) is 11.3 Å². The number of para-hydroxylation sites is 2. The van der Waals surface area contributed by atoms with Crippen LogP contribution in [0.25, 0.3) is 11.0 Å². The highest BCUT2D eigenvalue weighted by Crippen LogP contribution is 2.51. The molecule has 1 aliphatic carbocycles. The first-order valence-electron chi connectivity index (χ1n) is 9.88. The smallest absolute Gasteiger partial charge is 0.251 e. The van der Waals surface area contributed by atoms with Gasteiger partial charge in [0.1, 0.15) is 11.6 Å². The van der Waals surface area contributed by atoms with E-state index in [1.54, 1.807) is 0 Å². The lowest BCUT2D eigenvalue weighted by Crippen LogP contribution is -2.62. The molecule has 0 atom stereocenters. The number of amides is 1. The Morgan fingerprint density at radius 1 is 1.28 bits per heavy atom. The summed E-state index contributed by atoms with van der Waals surface area (Å²) in [6.45, 7) is 3.62. The van der Waals surface area contributed by atoms with Crippen molar-refractivity contribution in [1.82, 2.24) is 20.2 Å². The zero-order chi connectivity index (χ0) is 20.0. The van der Waals surface area contributed by atoms with Crippen molar-refractivity contribution in [1.29, 1.82) is 0 Å². The van der Waals surface area contributed by atoms with Gasteiger partial charge in [0.05, 0.1) is 17.6 Å². The van der Waals surface area contributed by atoms with E-state index >= 15 is 0 Å². The van der Waals surface area contributed by atoms with Gasteiger partial charge in [-0.15, -0.1) is 0 Å². The van der Waals surface area contributed by atoms with E-state index in [0.717, 1.165) is 49.3 Å². The zero-order valence-electron chi connectivity index (χ0n) is 15.9. The molecular weight excluding hydrogens is 391 g/mol. The van der Waals surface area contributed by atoms with Crippen LogP contribution in [0.4, 0.5) is 4.39 Å². The van der Waals surface area contributed by atoms with E-state index in [2.05, 4.69) is 20.2 Å². The normalized spacial score (nSPS) is 18.6. The molecule has 5 nitrogen and oxygen atoms in total. The third kappa shape index (κ3) is 3.74. The number of nitrogens with one attached hydrogen (secondary N) is 2. The lowest BCUT2D eigenvalue weighted by molar-refractivity contribution is -0.0975. The summed E-state index contributed by atoms with van der Waals surface area (Å²) in [5.41, 5.74) is 2.75. The van der Waals surface area contributed by atoms with Gasteiger partial charge in [0.25, 0.3) is 5.91 Å². The van der Waals surface area contributed by atoms with Crippen molar-refractivity contribution in [3.63, 3.8) is 0 Å². The fraction of sp³-hybridized carbons (Fsp3) is 0.364. The Kier molecular flexibility index (Phi) is 4.56. The van der Waals surface area contributed by atoms with Gasteiger partial charge in [-0.3, -0.25) is 9.69 Å². The summed E-state index contributed by atoms with van der Waals surface area (Å²) in [7, 11) is 0. The van der Waals surface area contributed by atoms with Gasteiger partial charge in [0.15, 0.2) is 0 Å². The number of rotatable bonds is 5. The summed E-state index contributed by atoms with van der Waals surface area (Å²) in [6, 6.07) is 12.0. The van der Waals surface area contributed by atoms with Gasteiger partial charge in [0.2, 0.25) is 0 Å². The van der Waals surface area contributed by atoms with Gasteiger partial charge < -0.3 is 10.3 Å². The Bertz CT molecular complexity index is 1010. The van der Waals surface area contributed by atoms with Gasteiger partial charge >= 0.3 is 0 Å². The number of carbonyl (C=O) groups is 1. The number of H-pyrrole nitrogens is 1.